The van der Waals surface area contributed by atoms with Crippen molar-refractivity contribution >= 4 is 40.6 Å². The average Bonchev–Trinajstić information content (AvgIpc) is 3.36. The zero-order valence-electron chi connectivity index (χ0n) is 27.8. The number of halogens is 3. The summed E-state index contributed by atoms with van der Waals surface area (Å²) < 4.78 is 52.4. The first kappa shape index (κ1) is 35.0. The molecule has 3 heterocycles. The molecule has 0 aliphatic heterocycles. The molecule has 0 bridgehead atoms. The number of benzene rings is 2. The lowest BCUT2D eigenvalue weighted by molar-refractivity contribution is -0.137. The van der Waals surface area contributed by atoms with Gasteiger partial charge in [-0.3, -0.25) is 24.1 Å². The molecule has 49 heavy (non-hydrogen) atoms. The molecule has 0 aliphatic rings. The molecule has 5 aromatic rings. The first-order chi connectivity index (χ1) is 23.6. The Morgan fingerprint density at radius 3 is 2.51 bits per heavy atom. The lowest BCUT2D eigenvalue weighted by Crippen LogP contribution is -2.34. The highest BCUT2D eigenvalue weighted by Crippen LogP contribution is 2.39. The topological polar surface area (TPSA) is 114 Å². The first-order valence-corrected chi connectivity index (χ1v) is 15.5. The van der Waals surface area contributed by atoms with Gasteiger partial charge in [0.05, 0.1) is 47.7 Å². The van der Waals surface area contributed by atoms with Gasteiger partial charge in [-0.1, -0.05) is 6.07 Å². The minimum atomic E-state index is -4.71. The van der Waals surface area contributed by atoms with Gasteiger partial charge in [0.15, 0.2) is 0 Å². The smallest absolute Gasteiger partial charge is 0.418 e. The van der Waals surface area contributed by atoms with E-state index in [-0.39, 0.29) is 24.5 Å². The summed E-state index contributed by atoms with van der Waals surface area (Å²) in [6.07, 6.45) is 1.73. The lowest BCUT2D eigenvalue weighted by Gasteiger charge is -2.28. The van der Waals surface area contributed by atoms with E-state index in [0.29, 0.717) is 47.5 Å². The maximum atomic E-state index is 14.8. The largest absolute Gasteiger partial charge is 0.481 e. The van der Waals surface area contributed by atoms with Crippen LogP contribution in [0.4, 0.5) is 18.9 Å². The number of rotatable bonds is 14. The summed E-state index contributed by atoms with van der Waals surface area (Å²) in [4.78, 5) is 32.4. The molecular weight excluding hydrogens is 635 g/mol. The van der Waals surface area contributed by atoms with Crippen LogP contribution >= 0.6 is 0 Å². The Hall–Kier alpha value is -5.34. The third kappa shape index (κ3) is 7.55. The molecule has 0 saturated carbocycles. The molecular formula is C35H38F3N9O2. The lowest BCUT2D eigenvalue weighted by atomic mass is 10.0. The molecule has 2 aromatic carbocycles. The summed E-state index contributed by atoms with van der Waals surface area (Å²) in [6, 6.07) is 13.2. The number of likely N-dealkylation sites (N-methyl/N-ethyl adjacent to an activating group) is 2. The third-order valence-electron chi connectivity index (χ3n) is 8.07. The van der Waals surface area contributed by atoms with Crippen molar-refractivity contribution in [2.75, 3.05) is 58.8 Å². The van der Waals surface area contributed by atoms with Crippen molar-refractivity contribution in [2.45, 2.75) is 6.18 Å². The highest BCUT2D eigenvalue weighted by Gasteiger charge is 2.36. The van der Waals surface area contributed by atoms with E-state index in [4.69, 9.17) is 4.74 Å². The number of anilines is 1. The van der Waals surface area contributed by atoms with Gasteiger partial charge in [-0.05, 0) is 62.8 Å². The Bertz CT molecular complexity index is 2070. The normalized spacial score (nSPS) is 12.3. The van der Waals surface area contributed by atoms with Crippen molar-refractivity contribution in [1.29, 1.82) is 0 Å². The van der Waals surface area contributed by atoms with E-state index in [9.17, 15) is 18.0 Å². The van der Waals surface area contributed by atoms with Crippen molar-refractivity contribution < 1.29 is 17.9 Å². The quantitative estimate of drug-likeness (QED) is 0.162. The number of aryl methyl sites for hydroxylation is 1. The molecule has 0 atom stereocenters. The number of aromatic nitrogens is 4. The van der Waals surface area contributed by atoms with Gasteiger partial charge < -0.3 is 20.3 Å². The van der Waals surface area contributed by atoms with Crippen LogP contribution in [0.3, 0.4) is 0 Å². The second-order valence-electron chi connectivity index (χ2n) is 11.2. The van der Waals surface area contributed by atoms with E-state index in [1.54, 1.807) is 63.0 Å². The Labute approximate surface area is 281 Å². The number of alkyl halides is 3. The Balaban J connectivity index is 1.61. The molecule has 256 valence electrons. The number of pyridine rings is 2. The Morgan fingerprint density at radius 1 is 1.04 bits per heavy atom. The van der Waals surface area contributed by atoms with Crippen LogP contribution in [0.15, 0.2) is 87.5 Å². The van der Waals surface area contributed by atoms with Crippen molar-refractivity contribution in [1.82, 2.24) is 29.7 Å². The van der Waals surface area contributed by atoms with Crippen molar-refractivity contribution in [2.24, 2.45) is 17.0 Å². The predicted octanol–water partition coefficient (Wildman–Crippen LogP) is 4.87. The Morgan fingerprint density at radius 2 is 1.84 bits per heavy atom. The van der Waals surface area contributed by atoms with E-state index >= 15 is 0 Å². The third-order valence-corrected chi connectivity index (χ3v) is 8.07. The predicted molar refractivity (Wildman–Crippen MR) is 190 cm³/mol. The summed E-state index contributed by atoms with van der Waals surface area (Å²) >= 11 is 0. The minimum Gasteiger partial charge on any atom is -0.481 e. The molecule has 0 aliphatic carbocycles. The highest BCUT2D eigenvalue weighted by atomic mass is 19.4. The van der Waals surface area contributed by atoms with E-state index in [2.05, 4.69) is 37.3 Å². The number of fused-ring (bicyclic) bond motifs is 3. The fraction of sp³-hybridized carbons (Fsp3) is 0.286. The van der Waals surface area contributed by atoms with Gasteiger partial charge in [0.2, 0.25) is 5.88 Å². The van der Waals surface area contributed by atoms with Crippen LogP contribution in [0, 0.1) is 0 Å². The zero-order valence-corrected chi connectivity index (χ0v) is 27.8. The molecule has 0 amide bonds. The minimum absolute atomic E-state index is 0.00505. The number of nitrogens with one attached hydrogen (secondary N) is 2. The second-order valence-corrected chi connectivity index (χ2v) is 11.2. The van der Waals surface area contributed by atoms with E-state index in [1.165, 1.54) is 22.3 Å². The summed E-state index contributed by atoms with van der Waals surface area (Å²) in [6.45, 7) is 5.20. The number of ether oxygens (including phenoxy) is 1. The molecule has 3 aromatic heterocycles. The molecule has 0 saturated heterocycles. The molecule has 2 N–H and O–H groups in total. The molecule has 11 nitrogen and oxygen atoms in total. The molecule has 0 radical (unpaired) electrons. The number of hydrogen-bond acceptors (Lipinski definition) is 9. The highest BCUT2D eigenvalue weighted by molar-refractivity contribution is 6.04. The van der Waals surface area contributed by atoms with E-state index in [1.807, 2.05) is 24.3 Å². The second kappa shape index (κ2) is 15.3. The maximum absolute atomic E-state index is 14.8. The van der Waals surface area contributed by atoms with Gasteiger partial charge in [-0.25, -0.2) is 9.78 Å². The van der Waals surface area contributed by atoms with Crippen LogP contribution in [0.25, 0.3) is 38.8 Å². The number of hydrogen-bond donors (Lipinski definition) is 2. The monoisotopic (exact) mass is 673 g/mol. The summed E-state index contributed by atoms with van der Waals surface area (Å²) in [5.41, 5.74) is 2.61. The Kier molecular flexibility index (Phi) is 10.9. The molecule has 14 heteroatoms. The van der Waals surface area contributed by atoms with Crippen LogP contribution in [-0.4, -0.2) is 86.0 Å². The average molecular weight is 674 g/mol. The fourth-order valence-electron chi connectivity index (χ4n) is 5.66. The van der Waals surface area contributed by atoms with Crippen molar-refractivity contribution in [3.63, 3.8) is 0 Å². The van der Waals surface area contributed by atoms with Gasteiger partial charge in [0.1, 0.15) is 0 Å². The maximum Gasteiger partial charge on any atom is 0.418 e. The van der Waals surface area contributed by atoms with Gasteiger partial charge in [0.25, 0.3) is 0 Å². The van der Waals surface area contributed by atoms with Gasteiger partial charge in [-0.15, -0.1) is 0 Å². The van der Waals surface area contributed by atoms with Gasteiger partial charge in [-0.2, -0.15) is 13.2 Å². The van der Waals surface area contributed by atoms with Gasteiger partial charge >= 0.3 is 11.9 Å². The van der Waals surface area contributed by atoms with E-state index < -0.39 is 17.4 Å². The SMILES string of the molecule is C=N/C=C(\C=NCCN(CCNC)c1ccc(-n2c(=O)n(C)c3cnc4ccc(-c5ccc(OC)nc5)cc4c32)cc1C(F)(F)F)CNC. The van der Waals surface area contributed by atoms with Crippen LogP contribution in [0.2, 0.25) is 0 Å². The number of nitrogens with zero attached hydrogens (tertiary/aromatic N) is 7. The zero-order chi connectivity index (χ0) is 35.1. The van der Waals surface area contributed by atoms with Gasteiger partial charge in [0, 0.05) is 80.1 Å². The van der Waals surface area contributed by atoms with Crippen LogP contribution in [0.5, 0.6) is 5.88 Å². The van der Waals surface area contributed by atoms with E-state index in [0.717, 1.165) is 22.8 Å². The summed E-state index contributed by atoms with van der Waals surface area (Å²) in [7, 11) is 6.64. The first-order valence-electron chi connectivity index (χ1n) is 15.5. The van der Waals surface area contributed by atoms with Crippen LogP contribution in [0.1, 0.15) is 5.56 Å². The molecule has 0 unspecified atom stereocenters. The van der Waals surface area contributed by atoms with Crippen molar-refractivity contribution in [3.05, 3.63) is 88.7 Å². The fourth-order valence-corrected chi connectivity index (χ4v) is 5.66. The number of imidazole rings is 1. The summed E-state index contributed by atoms with van der Waals surface area (Å²) in [5.74, 6) is 0.462. The van der Waals surface area contributed by atoms with Crippen molar-refractivity contribution in [3.8, 4) is 22.7 Å². The van der Waals surface area contributed by atoms with Crippen LogP contribution in [-0.2, 0) is 13.2 Å². The molecule has 5 rings (SSSR count). The number of methoxy groups -OCH3 is 1. The molecule has 0 spiro atoms. The number of aliphatic imine (C=N–C) groups is 2. The standard InChI is InChI=1S/C35H38F3N9O2/c1-39-12-14-46(15-13-42-20-23(18-40-2)19-41-3)30-10-8-26(17-28(30)35(36,37)38)47-33-27-16-24(25-7-11-32(49-5)44-21-25)6-9-29(27)43-22-31(33)45(4)34(47)48/h6-11,16-18,20-22,39,41H,2,12-15,19H2,1,3-5H3/b23-18-,42-20?. The van der Waals surface area contributed by atoms with Crippen LogP contribution < -0.4 is 26.0 Å². The molecule has 0 fully saturated rings. The summed E-state index contributed by atoms with van der Waals surface area (Å²) in [5, 5.41) is 6.63.